The molecular formula is C18H15Cl2NO2. The third-order valence-corrected chi connectivity index (χ3v) is 3.77. The van der Waals surface area contributed by atoms with Crippen LogP contribution >= 0.6 is 23.2 Å². The quantitative estimate of drug-likeness (QED) is 0.796. The largest absolute Gasteiger partial charge is 0.457 e. The molecule has 0 saturated heterocycles. The lowest BCUT2D eigenvalue weighted by molar-refractivity contribution is 0.0930. The lowest BCUT2D eigenvalue weighted by atomic mass is 10.1. The molecule has 0 unspecified atom stereocenters. The van der Waals surface area contributed by atoms with E-state index in [1.165, 1.54) is 0 Å². The van der Waals surface area contributed by atoms with E-state index in [4.69, 9.17) is 34.4 Å². The van der Waals surface area contributed by atoms with Crippen LogP contribution in [0.4, 0.5) is 0 Å². The van der Waals surface area contributed by atoms with Gasteiger partial charge in [0.2, 0.25) is 0 Å². The van der Waals surface area contributed by atoms with Crippen molar-refractivity contribution in [3.8, 4) is 23.8 Å². The first-order valence-corrected chi connectivity index (χ1v) is 7.59. The molecule has 5 heteroatoms. The molecule has 1 N–H and O–H groups in total. The summed E-state index contributed by atoms with van der Waals surface area (Å²) in [6.45, 7) is 3.51. The molecule has 0 aliphatic carbocycles. The maximum Gasteiger partial charge on any atom is 0.252 e. The number of carbonyl (C=O) groups excluding carboxylic acids is 1. The van der Waals surface area contributed by atoms with Crippen LogP contribution in [-0.4, -0.2) is 11.4 Å². The van der Waals surface area contributed by atoms with E-state index in [9.17, 15) is 4.79 Å². The fourth-order valence-corrected chi connectivity index (χ4v) is 2.03. The summed E-state index contributed by atoms with van der Waals surface area (Å²) in [6.07, 6.45) is 5.36. The van der Waals surface area contributed by atoms with Crippen LogP contribution in [0, 0.1) is 12.3 Å². The molecule has 23 heavy (non-hydrogen) atoms. The second kappa shape index (κ2) is 6.95. The van der Waals surface area contributed by atoms with Gasteiger partial charge < -0.3 is 10.1 Å². The predicted molar refractivity (Wildman–Crippen MR) is 93.4 cm³/mol. The van der Waals surface area contributed by atoms with E-state index in [0.717, 1.165) is 0 Å². The number of halogens is 2. The molecule has 2 aromatic rings. The highest BCUT2D eigenvalue weighted by molar-refractivity contribution is 6.42. The molecule has 0 spiro atoms. The third kappa shape index (κ3) is 4.66. The highest BCUT2D eigenvalue weighted by Crippen LogP contribution is 2.29. The van der Waals surface area contributed by atoms with Gasteiger partial charge in [-0.25, -0.2) is 0 Å². The zero-order valence-electron chi connectivity index (χ0n) is 12.7. The zero-order chi connectivity index (χ0) is 17.0. The Bertz CT molecular complexity index is 762. The average Bonchev–Trinajstić information content (AvgIpc) is 2.51. The summed E-state index contributed by atoms with van der Waals surface area (Å²) in [7, 11) is 0. The maximum absolute atomic E-state index is 12.1. The highest BCUT2D eigenvalue weighted by atomic mass is 35.5. The fourth-order valence-electron chi connectivity index (χ4n) is 1.74. The van der Waals surface area contributed by atoms with E-state index in [-0.39, 0.29) is 5.91 Å². The number of hydrogen-bond acceptors (Lipinski definition) is 2. The maximum atomic E-state index is 12.1. The Hall–Kier alpha value is -2.15. The molecule has 3 nitrogen and oxygen atoms in total. The number of nitrogens with one attached hydrogen (secondary N) is 1. The first kappa shape index (κ1) is 17.2. The molecule has 2 rings (SSSR count). The summed E-state index contributed by atoms with van der Waals surface area (Å²) in [6, 6.07) is 11.7. The molecule has 1 amide bonds. The SMILES string of the molecule is C#CC(C)(C)NC(=O)c1ccc(Oc2ccc(Cl)c(Cl)c2)cc1. The lowest BCUT2D eigenvalue weighted by Crippen LogP contribution is -2.42. The van der Waals surface area contributed by atoms with Crippen molar-refractivity contribution in [3.63, 3.8) is 0 Å². The standard InChI is InChI=1S/C18H15Cl2NO2/c1-4-18(2,3)21-17(22)12-5-7-13(8-6-12)23-14-9-10-15(19)16(20)11-14/h1,5-11H,2-3H3,(H,21,22). The van der Waals surface area contributed by atoms with Gasteiger partial charge in [-0.05, 0) is 50.2 Å². The number of carbonyl (C=O) groups is 1. The van der Waals surface area contributed by atoms with Crippen LogP contribution in [0.3, 0.4) is 0 Å². The molecule has 0 bridgehead atoms. The normalized spacial score (nSPS) is 10.7. The first-order valence-electron chi connectivity index (χ1n) is 6.84. The van der Waals surface area contributed by atoms with Crippen LogP contribution in [0.5, 0.6) is 11.5 Å². The van der Waals surface area contributed by atoms with Crippen LogP contribution in [0.25, 0.3) is 0 Å². The van der Waals surface area contributed by atoms with Gasteiger partial charge in [0.1, 0.15) is 11.5 Å². The van der Waals surface area contributed by atoms with E-state index in [0.29, 0.717) is 27.1 Å². The van der Waals surface area contributed by atoms with E-state index < -0.39 is 5.54 Å². The monoisotopic (exact) mass is 347 g/mol. The van der Waals surface area contributed by atoms with Crippen molar-refractivity contribution >= 4 is 29.1 Å². The van der Waals surface area contributed by atoms with Gasteiger partial charge in [-0.15, -0.1) is 6.42 Å². The summed E-state index contributed by atoms with van der Waals surface area (Å²) in [5.41, 5.74) is -0.207. The molecule has 0 aromatic heterocycles. The molecule has 0 atom stereocenters. The van der Waals surface area contributed by atoms with Crippen LogP contribution in [-0.2, 0) is 0 Å². The van der Waals surface area contributed by atoms with Crippen molar-refractivity contribution in [2.45, 2.75) is 19.4 Å². The van der Waals surface area contributed by atoms with Crippen molar-refractivity contribution in [2.75, 3.05) is 0 Å². The Balaban J connectivity index is 2.09. The smallest absolute Gasteiger partial charge is 0.252 e. The minimum atomic E-state index is -0.702. The Kier molecular flexibility index (Phi) is 5.20. The molecule has 0 radical (unpaired) electrons. The summed E-state index contributed by atoms with van der Waals surface area (Å²) in [5, 5.41) is 3.63. The van der Waals surface area contributed by atoms with Crippen LogP contribution in [0.2, 0.25) is 10.0 Å². The van der Waals surface area contributed by atoms with Crippen molar-refractivity contribution in [3.05, 3.63) is 58.1 Å². The summed E-state index contributed by atoms with van der Waals surface area (Å²) in [5.74, 6) is 3.41. The zero-order valence-corrected chi connectivity index (χ0v) is 14.2. The third-order valence-electron chi connectivity index (χ3n) is 3.03. The minimum absolute atomic E-state index is 0.242. The predicted octanol–water partition coefficient (Wildman–Crippen LogP) is 4.93. The Morgan fingerprint density at radius 3 is 2.26 bits per heavy atom. The van der Waals surface area contributed by atoms with E-state index in [1.807, 2.05) is 0 Å². The molecule has 118 valence electrons. The molecule has 0 aliphatic heterocycles. The van der Waals surface area contributed by atoms with E-state index in [2.05, 4.69) is 11.2 Å². The van der Waals surface area contributed by atoms with Gasteiger partial charge in [-0.1, -0.05) is 29.1 Å². The van der Waals surface area contributed by atoms with Crippen molar-refractivity contribution in [1.29, 1.82) is 0 Å². The number of ether oxygens (including phenoxy) is 1. The number of terminal acetylenes is 1. The van der Waals surface area contributed by atoms with Crippen molar-refractivity contribution in [1.82, 2.24) is 5.32 Å². The lowest BCUT2D eigenvalue weighted by Gasteiger charge is -2.19. The Morgan fingerprint density at radius 1 is 1.09 bits per heavy atom. The Labute approximate surface area is 145 Å². The number of rotatable bonds is 4. The van der Waals surface area contributed by atoms with Gasteiger partial charge in [-0.2, -0.15) is 0 Å². The Morgan fingerprint density at radius 2 is 1.70 bits per heavy atom. The van der Waals surface area contributed by atoms with Crippen LogP contribution in [0.1, 0.15) is 24.2 Å². The summed E-state index contributed by atoms with van der Waals surface area (Å²) < 4.78 is 5.66. The van der Waals surface area contributed by atoms with E-state index >= 15 is 0 Å². The first-order chi connectivity index (χ1) is 10.8. The molecule has 0 heterocycles. The van der Waals surface area contributed by atoms with Gasteiger partial charge in [0.15, 0.2) is 0 Å². The molecule has 0 saturated carbocycles. The number of benzene rings is 2. The topological polar surface area (TPSA) is 38.3 Å². The van der Waals surface area contributed by atoms with Crippen LogP contribution in [0.15, 0.2) is 42.5 Å². The summed E-state index contributed by atoms with van der Waals surface area (Å²) in [4.78, 5) is 12.1. The van der Waals surface area contributed by atoms with Gasteiger partial charge in [-0.3, -0.25) is 4.79 Å². The number of amides is 1. The minimum Gasteiger partial charge on any atom is -0.457 e. The van der Waals surface area contributed by atoms with Crippen LogP contribution < -0.4 is 10.1 Å². The average molecular weight is 348 g/mol. The second-order valence-electron chi connectivity index (χ2n) is 5.43. The molecule has 2 aromatic carbocycles. The van der Waals surface area contributed by atoms with Gasteiger partial charge >= 0.3 is 0 Å². The number of hydrogen-bond donors (Lipinski definition) is 1. The van der Waals surface area contributed by atoms with E-state index in [1.54, 1.807) is 56.3 Å². The fraction of sp³-hybridized carbons (Fsp3) is 0.167. The van der Waals surface area contributed by atoms with Crippen molar-refractivity contribution < 1.29 is 9.53 Å². The molecule has 0 aliphatic rings. The van der Waals surface area contributed by atoms with Gasteiger partial charge in [0.25, 0.3) is 5.91 Å². The van der Waals surface area contributed by atoms with Gasteiger partial charge in [0.05, 0.1) is 15.6 Å². The van der Waals surface area contributed by atoms with Gasteiger partial charge in [0, 0.05) is 11.6 Å². The second-order valence-corrected chi connectivity index (χ2v) is 6.24. The molecular weight excluding hydrogens is 333 g/mol. The highest BCUT2D eigenvalue weighted by Gasteiger charge is 2.17. The summed E-state index contributed by atoms with van der Waals surface area (Å²) >= 11 is 11.8. The van der Waals surface area contributed by atoms with Crippen molar-refractivity contribution in [2.24, 2.45) is 0 Å². The molecule has 0 fully saturated rings.